The monoisotopic (exact) mass is 439 g/mol. The van der Waals surface area contributed by atoms with Crippen LogP contribution in [0.3, 0.4) is 0 Å². The summed E-state index contributed by atoms with van der Waals surface area (Å²) in [5, 5.41) is 0. The van der Waals surface area contributed by atoms with Crippen LogP contribution in [0.25, 0.3) is 0 Å². The predicted molar refractivity (Wildman–Crippen MR) is 116 cm³/mol. The van der Waals surface area contributed by atoms with Crippen molar-refractivity contribution < 1.29 is 23.5 Å². The smallest absolute Gasteiger partial charge is 0.268 e. The van der Waals surface area contributed by atoms with Crippen molar-refractivity contribution in [3.8, 4) is 11.6 Å². The summed E-state index contributed by atoms with van der Waals surface area (Å²) in [4.78, 5) is 33.0. The minimum atomic E-state index is -0.678. The van der Waals surface area contributed by atoms with Gasteiger partial charge in [-0.25, -0.2) is 9.37 Å². The summed E-state index contributed by atoms with van der Waals surface area (Å²) in [6.07, 6.45) is 4.40. The molecular weight excluding hydrogens is 413 g/mol. The van der Waals surface area contributed by atoms with Gasteiger partial charge < -0.3 is 19.3 Å². The number of halogens is 1. The second-order valence-corrected chi connectivity index (χ2v) is 8.68. The Morgan fingerprint density at radius 1 is 1.16 bits per heavy atom. The average Bonchev–Trinajstić information content (AvgIpc) is 3.48. The predicted octanol–water partition coefficient (Wildman–Crippen LogP) is 3.01. The number of carbonyl (C=O) groups excluding carboxylic acids is 2. The molecule has 0 N–H and O–H groups in total. The van der Waals surface area contributed by atoms with E-state index in [0.29, 0.717) is 66.9 Å². The van der Waals surface area contributed by atoms with E-state index in [4.69, 9.17) is 9.47 Å². The number of ether oxygens (including phenoxy) is 2. The van der Waals surface area contributed by atoms with E-state index in [0.717, 1.165) is 13.0 Å². The van der Waals surface area contributed by atoms with E-state index < -0.39 is 11.9 Å². The molecule has 168 valence electrons. The van der Waals surface area contributed by atoms with Gasteiger partial charge in [0.15, 0.2) is 11.9 Å². The number of likely N-dealkylation sites (tertiary alicyclic amines) is 1. The lowest BCUT2D eigenvalue weighted by molar-refractivity contribution is -0.122. The highest BCUT2D eigenvalue weighted by Crippen LogP contribution is 2.32. The third-order valence-electron chi connectivity index (χ3n) is 6.63. The maximum atomic E-state index is 14.4. The molecule has 2 fully saturated rings. The molecule has 1 aromatic heterocycles. The lowest BCUT2D eigenvalue weighted by atomic mass is 10.1. The highest BCUT2D eigenvalue weighted by molar-refractivity contribution is 6.04. The number of pyridine rings is 1. The normalized spacial score (nSPS) is 23.1. The number of anilines is 1. The third kappa shape index (κ3) is 3.95. The van der Waals surface area contributed by atoms with Gasteiger partial charge in [0.25, 0.3) is 5.91 Å². The molecule has 2 aromatic rings. The van der Waals surface area contributed by atoms with Crippen LogP contribution in [0.5, 0.6) is 11.6 Å². The van der Waals surface area contributed by atoms with E-state index in [-0.39, 0.29) is 11.7 Å². The van der Waals surface area contributed by atoms with Crippen LogP contribution in [0.2, 0.25) is 0 Å². The van der Waals surface area contributed by atoms with Gasteiger partial charge in [-0.3, -0.25) is 9.59 Å². The lowest BCUT2D eigenvalue weighted by Gasteiger charge is -2.19. The fraction of sp³-hybridized carbons (Fsp3) is 0.458. The SMILES string of the molecule is CN1CCC[C@H]1COc1ccc(O[C@@H]2CCN(c3cc(F)c4c(c3)C(=O)CC4)C2=O)cn1. The van der Waals surface area contributed by atoms with Crippen molar-refractivity contribution in [2.45, 2.75) is 44.2 Å². The summed E-state index contributed by atoms with van der Waals surface area (Å²) >= 11 is 0. The molecule has 5 rings (SSSR count). The number of rotatable bonds is 6. The second kappa shape index (κ2) is 8.50. The molecule has 1 amide bonds. The van der Waals surface area contributed by atoms with Gasteiger partial charge in [-0.1, -0.05) is 0 Å². The molecule has 1 aliphatic carbocycles. The third-order valence-corrected chi connectivity index (χ3v) is 6.63. The molecule has 7 nitrogen and oxygen atoms in total. The first kappa shape index (κ1) is 20.9. The molecule has 2 saturated heterocycles. The number of likely N-dealkylation sites (N-methyl/N-ethyl adjacent to an activating group) is 1. The van der Waals surface area contributed by atoms with Gasteiger partial charge in [0.2, 0.25) is 5.88 Å². The van der Waals surface area contributed by atoms with Crippen LogP contribution >= 0.6 is 0 Å². The minimum Gasteiger partial charge on any atom is -0.479 e. The van der Waals surface area contributed by atoms with Crippen LogP contribution in [0.1, 0.15) is 41.6 Å². The molecule has 2 atom stereocenters. The second-order valence-electron chi connectivity index (χ2n) is 8.68. The number of hydrogen-bond donors (Lipinski definition) is 0. The summed E-state index contributed by atoms with van der Waals surface area (Å²) in [5.41, 5.74) is 1.25. The largest absolute Gasteiger partial charge is 0.479 e. The van der Waals surface area contributed by atoms with E-state index in [1.54, 1.807) is 24.4 Å². The standard InChI is InChI=1S/C24H26FN3O4/c1-27-9-2-3-15(27)14-31-23-7-4-17(13-26-23)32-22-8-10-28(24(22)30)16-11-19-18(20(25)12-16)5-6-21(19)29/h4,7,11-13,15,22H,2-3,5-6,8-10,14H2,1H3/t15-,22+/m0/s1. The summed E-state index contributed by atoms with van der Waals surface area (Å²) in [7, 11) is 2.10. The summed E-state index contributed by atoms with van der Waals surface area (Å²) in [6, 6.07) is 6.86. The van der Waals surface area contributed by atoms with E-state index in [1.807, 2.05) is 0 Å². The van der Waals surface area contributed by atoms with Gasteiger partial charge in [-0.15, -0.1) is 0 Å². The molecule has 3 aliphatic rings. The minimum absolute atomic E-state index is 0.0758. The number of ketones is 1. The molecule has 1 aromatic carbocycles. The van der Waals surface area contributed by atoms with Crippen LogP contribution in [0.15, 0.2) is 30.5 Å². The van der Waals surface area contributed by atoms with Gasteiger partial charge in [0, 0.05) is 42.7 Å². The average molecular weight is 439 g/mol. The molecule has 0 bridgehead atoms. The van der Waals surface area contributed by atoms with Gasteiger partial charge >= 0.3 is 0 Å². The zero-order chi connectivity index (χ0) is 22.2. The summed E-state index contributed by atoms with van der Waals surface area (Å²) < 4.78 is 26.1. The van der Waals surface area contributed by atoms with Crippen LogP contribution in [-0.2, 0) is 11.2 Å². The van der Waals surface area contributed by atoms with Crippen molar-refractivity contribution in [3.63, 3.8) is 0 Å². The first-order valence-corrected chi connectivity index (χ1v) is 11.1. The lowest BCUT2D eigenvalue weighted by Crippen LogP contribution is -2.32. The number of amides is 1. The first-order valence-electron chi connectivity index (χ1n) is 11.1. The Kier molecular flexibility index (Phi) is 5.55. The zero-order valence-corrected chi connectivity index (χ0v) is 18.1. The number of Topliss-reactive ketones (excluding diaryl/α,β-unsaturated/α-hetero) is 1. The number of hydrogen-bond acceptors (Lipinski definition) is 6. The van der Waals surface area contributed by atoms with Crippen LogP contribution in [-0.4, -0.2) is 60.5 Å². The number of aromatic nitrogens is 1. The Morgan fingerprint density at radius 3 is 2.78 bits per heavy atom. The number of benzene rings is 1. The Hall–Kier alpha value is -3.00. The van der Waals surface area contributed by atoms with Gasteiger partial charge in [0.05, 0.1) is 6.20 Å². The van der Waals surface area contributed by atoms with Crippen molar-refractivity contribution in [3.05, 3.63) is 47.4 Å². The maximum absolute atomic E-state index is 14.4. The topological polar surface area (TPSA) is 72.0 Å². The van der Waals surface area contributed by atoms with E-state index in [2.05, 4.69) is 16.9 Å². The van der Waals surface area contributed by atoms with Crippen LogP contribution in [0.4, 0.5) is 10.1 Å². The van der Waals surface area contributed by atoms with Crippen molar-refractivity contribution >= 4 is 17.4 Å². The Labute approximate surface area is 186 Å². The molecular formula is C24H26FN3O4. The first-order chi connectivity index (χ1) is 15.5. The quantitative estimate of drug-likeness (QED) is 0.689. The molecule has 0 radical (unpaired) electrons. The van der Waals surface area contributed by atoms with E-state index >= 15 is 0 Å². The summed E-state index contributed by atoms with van der Waals surface area (Å²) in [6.45, 7) is 2.09. The number of fused-ring (bicyclic) bond motifs is 1. The molecule has 0 saturated carbocycles. The van der Waals surface area contributed by atoms with Gasteiger partial charge in [0.1, 0.15) is 18.2 Å². The highest BCUT2D eigenvalue weighted by atomic mass is 19.1. The van der Waals surface area contributed by atoms with Gasteiger partial charge in [-0.2, -0.15) is 0 Å². The van der Waals surface area contributed by atoms with E-state index in [9.17, 15) is 14.0 Å². The molecule has 2 aliphatic heterocycles. The number of nitrogens with zero attached hydrogens (tertiary/aromatic N) is 3. The Balaban J connectivity index is 1.21. The maximum Gasteiger partial charge on any atom is 0.268 e. The molecule has 0 spiro atoms. The number of carbonyl (C=O) groups is 2. The van der Waals surface area contributed by atoms with E-state index in [1.165, 1.54) is 17.4 Å². The fourth-order valence-electron chi connectivity index (χ4n) is 4.73. The molecule has 3 heterocycles. The molecule has 0 unspecified atom stereocenters. The van der Waals surface area contributed by atoms with Crippen molar-refractivity contribution in [2.75, 3.05) is 31.6 Å². The van der Waals surface area contributed by atoms with Crippen molar-refractivity contribution in [2.24, 2.45) is 0 Å². The molecule has 32 heavy (non-hydrogen) atoms. The molecule has 8 heteroatoms. The Morgan fingerprint density at radius 2 is 2.03 bits per heavy atom. The van der Waals surface area contributed by atoms with Crippen molar-refractivity contribution in [1.82, 2.24) is 9.88 Å². The Bertz CT molecular complexity index is 1040. The van der Waals surface area contributed by atoms with Gasteiger partial charge in [-0.05, 0) is 56.6 Å². The van der Waals surface area contributed by atoms with Crippen LogP contribution in [0, 0.1) is 5.82 Å². The van der Waals surface area contributed by atoms with Crippen LogP contribution < -0.4 is 14.4 Å². The highest BCUT2D eigenvalue weighted by Gasteiger charge is 2.36. The fourth-order valence-corrected chi connectivity index (χ4v) is 4.73. The van der Waals surface area contributed by atoms with Crippen molar-refractivity contribution in [1.29, 1.82) is 0 Å². The zero-order valence-electron chi connectivity index (χ0n) is 18.1. The summed E-state index contributed by atoms with van der Waals surface area (Å²) in [5.74, 6) is 0.248.